The molecule has 0 aromatic carbocycles. The van der Waals surface area contributed by atoms with Gasteiger partial charge in [0.1, 0.15) is 0 Å². The molecule has 0 aromatic heterocycles. The topological polar surface area (TPSA) is 93.4 Å². The Morgan fingerprint density at radius 1 is 1.50 bits per heavy atom. The van der Waals surface area contributed by atoms with Crippen molar-refractivity contribution >= 4 is 11.9 Å². The van der Waals surface area contributed by atoms with Gasteiger partial charge in [0, 0.05) is 13.1 Å². The summed E-state index contributed by atoms with van der Waals surface area (Å²) < 4.78 is 0. The zero-order valence-corrected chi connectivity index (χ0v) is 12.2. The molecule has 1 fully saturated rings. The molecule has 1 amide bonds. The van der Waals surface area contributed by atoms with E-state index in [0.717, 1.165) is 19.4 Å². The number of carbonyl (C=O) groups excluding carboxylic acids is 1. The number of carbonyl (C=O) groups is 2. The molecule has 1 rings (SSSR count). The molecule has 6 heteroatoms. The van der Waals surface area contributed by atoms with Crippen molar-refractivity contribution < 1.29 is 14.7 Å². The molecular weight excluding hydrogens is 258 g/mol. The van der Waals surface area contributed by atoms with Gasteiger partial charge in [0.15, 0.2) is 0 Å². The van der Waals surface area contributed by atoms with Gasteiger partial charge in [-0.25, -0.2) is 0 Å². The van der Waals surface area contributed by atoms with Gasteiger partial charge in [0.2, 0.25) is 5.91 Å². The van der Waals surface area contributed by atoms with Gasteiger partial charge in [0.25, 0.3) is 0 Å². The molecular formula is C14H23N3O3. The van der Waals surface area contributed by atoms with Crippen LogP contribution in [0.3, 0.4) is 0 Å². The second-order valence-corrected chi connectivity index (χ2v) is 5.86. The fourth-order valence-corrected chi connectivity index (χ4v) is 2.48. The number of nitrogens with one attached hydrogen (secondary N) is 1. The number of carboxylic acid groups (broad SMARTS) is 1. The third-order valence-corrected chi connectivity index (χ3v) is 4.00. The predicted octanol–water partition coefficient (Wildman–Crippen LogP) is 0.839. The van der Waals surface area contributed by atoms with E-state index in [9.17, 15) is 14.7 Å². The Balaban J connectivity index is 2.47. The summed E-state index contributed by atoms with van der Waals surface area (Å²) in [6.45, 7) is 5.58. The number of rotatable bonds is 6. The van der Waals surface area contributed by atoms with Crippen LogP contribution in [0.25, 0.3) is 0 Å². The van der Waals surface area contributed by atoms with E-state index in [-0.39, 0.29) is 18.4 Å². The Kier molecular flexibility index (Phi) is 5.96. The summed E-state index contributed by atoms with van der Waals surface area (Å²) in [5.41, 5.74) is -0.768. The molecule has 0 saturated carbocycles. The molecule has 1 aliphatic rings. The highest BCUT2D eigenvalue weighted by Gasteiger charge is 2.39. The van der Waals surface area contributed by atoms with E-state index in [4.69, 9.17) is 5.26 Å². The second kappa shape index (κ2) is 7.25. The molecule has 0 radical (unpaired) electrons. The highest BCUT2D eigenvalue weighted by atomic mass is 16.4. The van der Waals surface area contributed by atoms with Gasteiger partial charge < -0.3 is 10.4 Å². The Hall–Kier alpha value is -1.61. The summed E-state index contributed by atoms with van der Waals surface area (Å²) in [6.07, 6.45) is 2.10. The number of piperidine rings is 1. The largest absolute Gasteiger partial charge is 0.481 e. The predicted molar refractivity (Wildman–Crippen MR) is 73.8 cm³/mol. The SMILES string of the molecule is CC(C)(C(=O)O)C1CCCN(CC(=O)NCCC#N)C1. The zero-order chi connectivity index (χ0) is 15.2. The minimum absolute atomic E-state index is 0.0562. The molecule has 2 N–H and O–H groups in total. The van der Waals surface area contributed by atoms with Crippen molar-refractivity contribution in [2.24, 2.45) is 11.3 Å². The summed E-state index contributed by atoms with van der Waals surface area (Å²) in [5.74, 6) is -0.836. The fourth-order valence-electron chi connectivity index (χ4n) is 2.48. The lowest BCUT2D eigenvalue weighted by Crippen LogP contribution is -2.47. The minimum atomic E-state index is -0.789. The number of carboxylic acids is 1. The standard InChI is InChI=1S/C14H23N3O3/c1-14(2,13(19)20)11-5-3-8-17(9-11)10-12(18)16-7-4-6-15/h11H,3-5,7-10H2,1-2H3,(H,16,18)(H,19,20). The van der Waals surface area contributed by atoms with E-state index in [0.29, 0.717) is 19.5 Å². The van der Waals surface area contributed by atoms with E-state index in [1.807, 2.05) is 11.0 Å². The minimum Gasteiger partial charge on any atom is -0.481 e. The molecule has 1 heterocycles. The van der Waals surface area contributed by atoms with Gasteiger partial charge in [-0.3, -0.25) is 14.5 Å². The van der Waals surface area contributed by atoms with Crippen molar-refractivity contribution in [2.45, 2.75) is 33.1 Å². The number of nitrogens with zero attached hydrogens (tertiary/aromatic N) is 2. The Bertz CT molecular complexity index is 401. The van der Waals surface area contributed by atoms with Gasteiger partial charge in [-0.15, -0.1) is 0 Å². The molecule has 1 unspecified atom stereocenters. The molecule has 112 valence electrons. The normalized spacial score (nSPS) is 20.1. The fraction of sp³-hybridized carbons (Fsp3) is 0.786. The summed E-state index contributed by atoms with van der Waals surface area (Å²) in [7, 11) is 0. The third kappa shape index (κ3) is 4.49. The van der Waals surface area contributed by atoms with Crippen molar-refractivity contribution in [3.63, 3.8) is 0 Å². The number of aliphatic carboxylic acids is 1. The molecule has 1 atom stereocenters. The first-order chi connectivity index (χ1) is 9.37. The summed E-state index contributed by atoms with van der Waals surface area (Å²) in [4.78, 5) is 25.0. The van der Waals surface area contributed by atoms with E-state index < -0.39 is 11.4 Å². The van der Waals surface area contributed by atoms with Crippen LogP contribution in [0, 0.1) is 22.7 Å². The summed E-state index contributed by atoms with van der Waals surface area (Å²) in [6, 6.07) is 1.97. The molecule has 0 aliphatic carbocycles. The lowest BCUT2D eigenvalue weighted by molar-refractivity contribution is -0.151. The van der Waals surface area contributed by atoms with Crippen LogP contribution in [0.4, 0.5) is 0 Å². The molecule has 0 aromatic rings. The highest BCUT2D eigenvalue weighted by molar-refractivity contribution is 5.78. The average molecular weight is 281 g/mol. The van der Waals surface area contributed by atoms with Crippen LogP contribution < -0.4 is 5.32 Å². The summed E-state index contributed by atoms with van der Waals surface area (Å²) in [5, 5.41) is 20.4. The highest BCUT2D eigenvalue weighted by Crippen LogP contribution is 2.34. The van der Waals surface area contributed by atoms with Crippen LogP contribution in [-0.4, -0.2) is 48.1 Å². The average Bonchev–Trinajstić information content (AvgIpc) is 2.39. The number of nitriles is 1. The van der Waals surface area contributed by atoms with Gasteiger partial charge >= 0.3 is 5.97 Å². The molecule has 0 bridgehead atoms. The first-order valence-corrected chi connectivity index (χ1v) is 6.97. The van der Waals surface area contributed by atoms with Gasteiger partial charge in [-0.2, -0.15) is 5.26 Å². The first kappa shape index (κ1) is 16.4. The van der Waals surface area contributed by atoms with Crippen LogP contribution in [-0.2, 0) is 9.59 Å². The van der Waals surface area contributed by atoms with Gasteiger partial charge in [0.05, 0.1) is 24.4 Å². The first-order valence-electron chi connectivity index (χ1n) is 6.97. The van der Waals surface area contributed by atoms with E-state index >= 15 is 0 Å². The number of likely N-dealkylation sites (tertiary alicyclic amines) is 1. The Morgan fingerprint density at radius 2 is 2.20 bits per heavy atom. The number of hydrogen-bond acceptors (Lipinski definition) is 4. The monoisotopic (exact) mass is 281 g/mol. The molecule has 0 spiro atoms. The van der Waals surface area contributed by atoms with Crippen molar-refractivity contribution in [3.8, 4) is 6.07 Å². The second-order valence-electron chi connectivity index (χ2n) is 5.86. The number of amides is 1. The quantitative estimate of drug-likeness (QED) is 0.704. The number of hydrogen-bond donors (Lipinski definition) is 2. The van der Waals surface area contributed by atoms with E-state index in [1.165, 1.54) is 0 Å². The maximum absolute atomic E-state index is 11.7. The smallest absolute Gasteiger partial charge is 0.309 e. The Morgan fingerprint density at radius 3 is 2.80 bits per heavy atom. The van der Waals surface area contributed by atoms with Crippen LogP contribution >= 0.6 is 0 Å². The zero-order valence-electron chi connectivity index (χ0n) is 12.2. The molecule has 6 nitrogen and oxygen atoms in total. The van der Waals surface area contributed by atoms with Gasteiger partial charge in [-0.1, -0.05) is 0 Å². The molecule has 1 aliphatic heterocycles. The van der Waals surface area contributed by atoms with Crippen LogP contribution in [0.15, 0.2) is 0 Å². The van der Waals surface area contributed by atoms with Gasteiger partial charge in [-0.05, 0) is 39.2 Å². The van der Waals surface area contributed by atoms with Crippen molar-refractivity contribution in [3.05, 3.63) is 0 Å². The van der Waals surface area contributed by atoms with Crippen molar-refractivity contribution in [2.75, 3.05) is 26.2 Å². The third-order valence-electron chi connectivity index (χ3n) is 4.00. The lowest BCUT2D eigenvalue weighted by atomic mass is 9.74. The van der Waals surface area contributed by atoms with E-state index in [2.05, 4.69) is 5.32 Å². The van der Waals surface area contributed by atoms with Crippen molar-refractivity contribution in [1.29, 1.82) is 5.26 Å². The van der Waals surface area contributed by atoms with Crippen molar-refractivity contribution in [1.82, 2.24) is 10.2 Å². The summed E-state index contributed by atoms with van der Waals surface area (Å²) >= 11 is 0. The maximum atomic E-state index is 11.7. The lowest BCUT2D eigenvalue weighted by Gasteiger charge is -2.38. The van der Waals surface area contributed by atoms with Crippen LogP contribution in [0.2, 0.25) is 0 Å². The van der Waals surface area contributed by atoms with Crippen LogP contribution in [0.1, 0.15) is 33.1 Å². The molecule has 1 saturated heterocycles. The van der Waals surface area contributed by atoms with E-state index in [1.54, 1.807) is 13.8 Å². The molecule has 20 heavy (non-hydrogen) atoms. The maximum Gasteiger partial charge on any atom is 0.309 e. The Labute approximate surface area is 119 Å². The van der Waals surface area contributed by atoms with Crippen LogP contribution in [0.5, 0.6) is 0 Å².